The summed E-state index contributed by atoms with van der Waals surface area (Å²) in [6.07, 6.45) is 5.04. The van der Waals surface area contributed by atoms with Gasteiger partial charge in [-0.2, -0.15) is 4.68 Å². The summed E-state index contributed by atoms with van der Waals surface area (Å²) < 4.78 is 6.98. The molecule has 1 fully saturated rings. The third-order valence-electron chi connectivity index (χ3n) is 3.70. The molecular weight excluding hydrogens is 320 g/mol. The lowest BCUT2D eigenvalue weighted by Gasteiger charge is -2.21. The number of carbonyl (C=O) groups excluding carboxylic acids is 1. The smallest absolute Gasteiger partial charge is 0.408 e. The summed E-state index contributed by atoms with van der Waals surface area (Å²) in [4.78, 5) is 25.4. The van der Waals surface area contributed by atoms with Crippen molar-refractivity contribution in [3.63, 3.8) is 0 Å². The molecule has 0 saturated heterocycles. The van der Waals surface area contributed by atoms with Crippen molar-refractivity contribution < 1.29 is 9.53 Å². The normalized spacial score (nSPS) is 15.7. The molecule has 8 heteroatoms. The quantitative estimate of drug-likeness (QED) is 0.916. The second-order valence-electron chi connectivity index (χ2n) is 7.40. The molecule has 2 aromatic heterocycles. The Hall–Kier alpha value is -2.51. The molecule has 0 unspecified atom stereocenters. The number of rotatable bonds is 4. The van der Waals surface area contributed by atoms with E-state index in [9.17, 15) is 4.79 Å². The molecule has 1 aliphatic rings. The highest BCUT2D eigenvalue weighted by molar-refractivity contribution is 5.68. The van der Waals surface area contributed by atoms with E-state index in [-0.39, 0.29) is 6.04 Å². The van der Waals surface area contributed by atoms with Gasteiger partial charge in [-0.1, -0.05) is 0 Å². The number of carbonyl (C=O) groups is 1. The van der Waals surface area contributed by atoms with Crippen LogP contribution in [0.25, 0.3) is 5.82 Å². The molecule has 1 atom stereocenters. The number of amides is 1. The van der Waals surface area contributed by atoms with Crippen LogP contribution in [0.3, 0.4) is 0 Å². The van der Waals surface area contributed by atoms with Gasteiger partial charge < -0.3 is 10.1 Å². The Balaban J connectivity index is 1.86. The summed E-state index contributed by atoms with van der Waals surface area (Å²) in [5.74, 6) is 2.38. The minimum absolute atomic E-state index is 0.377. The monoisotopic (exact) mass is 344 g/mol. The number of aromatic nitrogens is 5. The van der Waals surface area contributed by atoms with E-state index in [1.165, 1.54) is 0 Å². The molecule has 2 aromatic rings. The summed E-state index contributed by atoms with van der Waals surface area (Å²) in [5.41, 5.74) is 0.270. The van der Waals surface area contributed by atoms with Crippen molar-refractivity contribution in [1.82, 2.24) is 30.0 Å². The Labute approximate surface area is 147 Å². The van der Waals surface area contributed by atoms with Gasteiger partial charge in [0.2, 0.25) is 0 Å². The predicted octanol–water partition coefficient (Wildman–Crippen LogP) is 2.83. The van der Waals surface area contributed by atoms with Crippen LogP contribution in [0.4, 0.5) is 4.79 Å². The standard InChI is InChI=1S/C17H24N6O2/c1-10-8-19-13(9-18-10)23-15(21-14(22-23)12-6-7-12)11(2)20-16(24)25-17(3,4)5/h8-9,11-12H,6-7H2,1-5H3,(H,20,24)/t11-/m0/s1. The van der Waals surface area contributed by atoms with Crippen LogP contribution in [0.1, 0.15) is 69.8 Å². The zero-order valence-electron chi connectivity index (χ0n) is 15.3. The van der Waals surface area contributed by atoms with Gasteiger partial charge in [0, 0.05) is 5.92 Å². The molecule has 1 saturated carbocycles. The van der Waals surface area contributed by atoms with Crippen molar-refractivity contribution in [3.05, 3.63) is 29.7 Å². The summed E-state index contributed by atoms with van der Waals surface area (Å²) in [5, 5.41) is 7.40. The third kappa shape index (κ3) is 4.32. The van der Waals surface area contributed by atoms with Crippen LogP contribution in [0, 0.1) is 6.92 Å². The Morgan fingerprint density at radius 1 is 1.32 bits per heavy atom. The Morgan fingerprint density at radius 2 is 2.04 bits per heavy atom. The lowest BCUT2D eigenvalue weighted by molar-refractivity contribution is 0.0505. The molecule has 2 heterocycles. The van der Waals surface area contributed by atoms with Gasteiger partial charge in [0.05, 0.1) is 24.1 Å². The zero-order valence-corrected chi connectivity index (χ0v) is 15.3. The minimum atomic E-state index is -0.556. The van der Waals surface area contributed by atoms with E-state index < -0.39 is 11.7 Å². The first-order valence-corrected chi connectivity index (χ1v) is 8.48. The molecule has 0 aliphatic heterocycles. The highest BCUT2D eigenvalue weighted by atomic mass is 16.6. The average molecular weight is 344 g/mol. The van der Waals surface area contributed by atoms with Crippen molar-refractivity contribution in [3.8, 4) is 5.82 Å². The topological polar surface area (TPSA) is 94.8 Å². The van der Waals surface area contributed by atoms with Crippen LogP contribution in [-0.4, -0.2) is 36.4 Å². The number of ether oxygens (including phenoxy) is 1. The Bertz CT molecular complexity index is 758. The number of nitrogens with zero attached hydrogens (tertiary/aromatic N) is 5. The molecule has 1 N–H and O–H groups in total. The highest BCUT2D eigenvalue weighted by Gasteiger charge is 2.31. The van der Waals surface area contributed by atoms with Gasteiger partial charge in [0.1, 0.15) is 5.60 Å². The van der Waals surface area contributed by atoms with Crippen LogP contribution in [-0.2, 0) is 4.74 Å². The van der Waals surface area contributed by atoms with Gasteiger partial charge in [-0.3, -0.25) is 4.98 Å². The SMILES string of the molecule is Cc1cnc(-n2nc(C3CC3)nc2[C@H](C)NC(=O)OC(C)(C)C)cn1. The van der Waals surface area contributed by atoms with Crippen LogP contribution < -0.4 is 5.32 Å². The Kier molecular flexibility index (Phi) is 4.45. The first-order valence-electron chi connectivity index (χ1n) is 8.48. The molecule has 3 rings (SSSR count). The highest BCUT2D eigenvalue weighted by Crippen LogP contribution is 2.38. The maximum Gasteiger partial charge on any atom is 0.408 e. The van der Waals surface area contributed by atoms with Crippen molar-refractivity contribution >= 4 is 6.09 Å². The lowest BCUT2D eigenvalue weighted by atomic mass is 10.2. The van der Waals surface area contributed by atoms with E-state index in [0.29, 0.717) is 17.6 Å². The largest absolute Gasteiger partial charge is 0.444 e. The van der Waals surface area contributed by atoms with Gasteiger partial charge >= 0.3 is 6.09 Å². The van der Waals surface area contributed by atoms with Crippen LogP contribution in [0.5, 0.6) is 0 Å². The van der Waals surface area contributed by atoms with Gasteiger partial charge in [-0.05, 0) is 47.5 Å². The lowest BCUT2D eigenvalue weighted by Crippen LogP contribution is -2.35. The second kappa shape index (κ2) is 6.42. The maximum absolute atomic E-state index is 12.1. The van der Waals surface area contributed by atoms with E-state index in [2.05, 4.69) is 25.4 Å². The van der Waals surface area contributed by atoms with Gasteiger partial charge in [0.25, 0.3) is 0 Å². The number of hydrogen-bond donors (Lipinski definition) is 1. The first-order chi connectivity index (χ1) is 11.7. The number of alkyl carbamates (subject to hydrolysis) is 1. The van der Waals surface area contributed by atoms with Crippen molar-refractivity contribution in [2.24, 2.45) is 0 Å². The molecule has 0 spiro atoms. The Morgan fingerprint density at radius 3 is 2.60 bits per heavy atom. The van der Waals surface area contributed by atoms with Crippen molar-refractivity contribution in [1.29, 1.82) is 0 Å². The van der Waals surface area contributed by atoms with Crippen molar-refractivity contribution in [2.75, 3.05) is 0 Å². The molecular formula is C17H24N6O2. The van der Waals surface area contributed by atoms with E-state index in [1.807, 2.05) is 34.6 Å². The number of nitrogens with one attached hydrogen (secondary N) is 1. The molecule has 0 aromatic carbocycles. The predicted molar refractivity (Wildman–Crippen MR) is 91.4 cm³/mol. The molecule has 25 heavy (non-hydrogen) atoms. The van der Waals surface area contributed by atoms with Crippen LogP contribution in [0.2, 0.25) is 0 Å². The van der Waals surface area contributed by atoms with E-state index in [1.54, 1.807) is 17.1 Å². The molecule has 8 nitrogen and oxygen atoms in total. The fourth-order valence-electron chi connectivity index (χ4n) is 2.35. The van der Waals surface area contributed by atoms with Gasteiger partial charge in [-0.25, -0.2) is 14.8 Å². The van der Waals surface area contributed by atoms with Gasteiger partial charge in [0.15, 0.2) is 17.5 Å². The molecule has 0 bridgehead atoms. The van der Waals surface area contributed by atoms with Crippen molar-refractivity contribution in [2.45, 2.75) is 65.0 Å². The average Bonchev–Trinajstić information content (AvgIpc) is 3.25. The second-order valence-corrected chi connectivity index (χ2v) is 7.40. The minimum Gasteiger partial charge on any atom is -0.444 e. The fourth-order valence-corrected chi connectivity index (χ4v) is 2.35. The summed E-state index contributed by atoms with van der Waals surface area (Å²) >= 11 is 0. The first kappa shape index (κ1) is 17.3. The molecule has 0 radical (unpaired) electrons. The molecule has 134 valence electrons. The molecule has 1 aliphatic carbocycles. The van der Waals surface area contributed by atoms with E-state index >= 15 is 0 Å². The van der Waals surface area contributed by atoms with E-state index in [0.717, 1.165) is 24.4 Å². The van der Waals surface area contributed by atoms with E-state index in [4.69, 9.17) is 4.74 Å². The van der Waals surface area contributed by atoms with Crippen LogP contribution >= 0.6 is 0 Å². The number of aryl methyl sites for hydroxylation is 1. The van der Waals surface area contributed by atoms with Gasteiger partial charge in [-0.15, -0.1) is 5.10 Å². The third-order valence-corrected chi connectivity index (χ3v) is 3.70. The maximum atomic E-state index is 12.1. The molecule has 1 amide bonds. The summed E-state index contributed by atoms with van der Waals surface area (Å²) in [6, 6.07) is -0.377. The van der Waals surface area contributed by atoms with Crippen LogP contribution in [0.15, 0.2) is 12.4 Å². The summed E-state index contributed by atoms with van der Waals surface area (Å²) in [7, 11) is 0. The summed E-state index contributed by atoms with van der Waals surface area (Å²) in [6.45, 7) is 9.20. The number of hydrogen-bond acceptors (Lipinski definition) is 6. The fraction of sp³-hybridized carbons (Fsp3) is 0.588. The zero-order chi connectivity index (χ0) is 18.2.